The summed E-state index contributed by atoms with van der Waals surface area (Å²) in [7, 11) is 2.02. The molecule has 0 aromatic heterocycles. The van der Waals surface area contributed by atoms with Crippen molar-refractivity contribution in [2.75, 3.05) is 13.3 Å². The van der Waals surface area contributed by atoms with E-state index in [1.54, 1.807) is 0 Å². The van der Waals surface area contributed by atoms with Crippen LogP contribution in [-0.4, -0.2) is 13.3 Å². The van der Waals surface area contributed by atoms with Gasteiger partial charge in [-0.1, -0.05) is 25.1 Å². The Morgan fingerprint density at radius 2 is 2.08 bits per heavy atom. The van der Waals surface area contributed by atoms with Gasteiger partial charge in [0, 0.05) is 10.9 Å². The molecule has 0 aliphatic rings. The van der Waals surface area contributed by atoms with Gasteiger partial charge in [0.2, 0.25) is 0 Å². The van der Waals surface area contributed by atoms with Crippen LogP contribution in [0.15, 0.2) is 29.2 Å². The minimum Gasteiger partial charge on any atom is -0.313 e. The molecule has 0 heterocycles. The van der Waals surface area contributed by atoms with Gasteiger partial charge in [-0.05, 0) is 31.4 Å². The first kappa shape index (κ1) is 10.6. The summed E-state index contributed by atoms with van der Waals surface area (Å²) in [6.45, 7) is 2.21. The summed E-state index contributed by atoms with van der Waals surface area (Å²) in [5, 5.41) is 3.33. The summed E-state index contributed by atoms with van der Waals surface area (Å²) in [5.41, 5.74) is 1.42. The van der Waals surface area contributed by atoms with Crippen LogP contribution in [0.1, 0.15) is 24.9 Å². The number of rotatable bonds is 4. The Morgan fingerprint density at radius 1 is 1.38 bits per heavy atom. The summed E-state index contributed by atoms with van der Waals surface area (Å²) >= 11 is 1.81. The van der Waals surface area contributed by atoms with Gasteiger partial charge in [-0.15, -0.1) is 11.8 Å². The highest BCUT2D eigenvalue weighted by atomic mass is 32.2. The lowest BCUT2D eigenvalue weighted by molar-refractivity contribution is 0.568. The van der Waals surface area contributed by atoms with Crippen molar-refractivity contribution in [1.29, 1.82) is 0 Å². The smallest absolute Gasteiger partial charge is 0.0326 e. The van der Waals surface area contributed by atoms with Crippen LogP contribution in [0.5, 0.6) is 0 Å². The molecule has 1 rings (SSSR count). The second-order valence-electron chi connectivity index (χ2n) is 2.99. The zero-order chi connectivity index (χ0) is 9.68. The molecule has 0 aliphatic carbocycles. The van der Waals surface area contributed by atoms with E-state index in [4.69, 9.17) is 0 Å². The topological polar surface area (TPSA) is 12.0 Å². The van der Waals surface area contributed by atoms with Gasteiger partial charge in [0.1, 0.15) is 0 Å². The Balaban J connectivity index is 2.96. The minimum absolute atomic E-state index is 0.489. The highest BCUT2D eigenvalue weighted by Gasteiger charge is 2.09. The predicted molar refractivity (Wildman–Crippen MR) is 60.3 cm³/mol. The van der Waals surface area contributed by atoms with Crippen LogP contribution < -0.4 is 5.32 Å². The Morgan fingerprint density at radius 3 is 2.62 bits per heavy atom. The molecular formula is C11H17NS. The number of benzene rings is 1. The highest BCUT2D eigenvalue weighted by Crippen LogP contribution is 2.26. The number of nitrogens with one attached hydrogen (secondary N) is 1. The summed E-state index contributed by atoms with van der Waals surface area (Å²) in [5.74, 6) is 0. The molecule has 0 saturated carbocycles. The van der Waals surface area contributed by atoms with E-state index in [1.807, 2.05) is 18.8 Å². The minimum atomic E-state index is 0.489. The number of hydrogen-bond acceptors (Lipinski definition) is 2. The molecule has 13 heavy (non-hydrogen) atoms. The molecule has 0 radical (unpaired) electrons. The normalized spacial score (nSPS) is 12.8. The van der Waals surface area contributed by atoms with E-state index < -0.39 is 0 Å². The first-order valence-electron chi connectivity index (χ1n) is 4.63. The average Bonchev–Trinajstić information content (AvgIpc) is 2.20. The fourth-order valence-corrected chi connectivity index (χ4v) is 2.19. The summed E-state index contributed by atoms with van der Waals surface area (Å²) in [6, 6.07) is 9.08. The van der Waals surface area contributed by atoms with Crippen molar-refractivity contribution in [3.8, 4) is 0 Å². The molecule has 2 heteroatoms. The van der Waals surface area contributed by atoms with Gasteiger partial charge in [-0.3, -0.25) is 0 Å². The lowest BCUT2D eigenvalue weighted by Gasteiger charge is -2.17. The quantitative estimate of drug-likeness (QED) is 0.741. The van der Waals surface area contributed by atoms with Gasteiger partial charge in [0.05, 0.1) is 0 Å². The molecule has 1 aromatic rings. The molecule has 72 valence electrons. The predicted octanol–water partition coefficient (Wildman–Crippen LogP) is 3.08. The van der Waals surface area contributed by atoms with Crippen LogP contribution in [0.25, 0.3) is 0 Å². The number of hydrogen-bond donors (Lipinski definition) is 1. The molecule has 0 saturated heterocycles. The monoisotopic (exact) mass is 195 g/mol. The lowest BCUT2D eigenvalue weighted by atomic mass is 10.1. The Kier molecular flexibility index (Phi) is 4.33. The zero-order valence-corrected chi connectivity index (χ0v) is 9.32. The van der Waals surface area contributed by atoms with Crippen LogP contribution in [-0.2, 0) is 0 Å². The fourth-order valence-electron chi connectivity index (χ4n) is 1.53. The molecule has 0 aliphatic heterocycles. The summed E-state index contributed by atoms with van der Waals surface area (Å²) < 4.78 is 0. The van der Waals surface area contributed by atoms with Crippen molar-refractivity contribution in [3.63, 3.8) is 0 Å². The molecule has 0 fully saturated rings. The van der Waals surface area contributed by atoms with Crippen LogP contribution >= 0.6 is 11.8 Å². The van der Waals surface area contributed by atoms with Crippen molar-refractivity contribution in [1.82, 2.24) is 5.32 Å². The average molecular weight is 195 g/mol. The molecule has 1 atom stereocenters. The maximum Gasteiger partial charge on any atom is 0.0326 e. The molecule has 1 nitrogen and oxygen atoms in total. The van der Waals surface area contributed by atoms with Crippen LogP contribution in [0.3, 0.4) is 0 Å². The standard InChI is InChI=1S/C11H17NS/c1-4-10(12-2)9-7-5-6-8-11(9)13-3/h5-8,10,12H,4H2,1-3H3. The van der Waals surface area contributed by atoms with E-state index in [1.165, 1.54) is 10.5 Å². The van der Waals surface area contributed by atoms with Gasteiger partial charge in [0.25, 0.3) is 0 Å². The van der Waals surface area contributed by atoms with Crippen LogP contribution in [0, 0.1) is 0 Å². The third kappa shape index (κ3) is 2.48. The number of thioether (sulfide) groups is 1. The van der Waals surface area contributed by atoms with Gasteiger partial charge >= 0.3 is 0 Å². The first-order chi connectivity index (χ1) is 6.33. The van der Waals surface area contributed by atoms with E-state index in [0.29, 0.717) is 6.04 Å². The van der Waals surface area contributed by atoms with E-state index in [9.17, 15) is 0 Å². The van der Waals surface area contributed by atoms with Crippen molar-refractivity contribution in [2.24, 2.45) is 0 Å². The van der Waals surface area contributed by atoms with Crippen molar-refractivity contribution in [2.45, 2.75) is 24.3 Å². The van der Waals surface area contributed by atoms with Gasteiger partial charge in [-0.25, -0.2) is 0 Å². The second kappa shape index (κ2) is 5.30. The van der Waals surface area contributed by atoms with Crippen LogP contribution in [0.2, 0.25) is 0 Å². The fraction of sp³-hybridized carbons (Fsp3) is 0.455. The maximum atomic E-state index is 3.33. The summed E-state index contributed by atoms with van der Waals surface area (Å²) in [4.78, 5) is 1.38. The van der Waals surface area contributed by atoms with E-state index in [2.05, 4.69) is 42.8 Å². The first-order valence-corrected chi connectivity index (χ1v) is 5.86. The van der Waals surface area contributed by atoms with Crippen LogP contribution in [0.4, 0.5) is 0 Å². The third-order valence-corrected chi connectivity index (χ3v) is 3.08. The van der Waals surface area contributed by atoms with Crippen molar-refractivity contribution < 1.29 is 0 Å². The molecule has 1 N–H and O–H groups in total. The molecule has 0 amide bonds. The highest BCUT2D eigenvalue weighted by molar-refractivity contribution is 7.98. The van der Waals surface area contributed by atoms with E-state index in [-0.39, 0.29) is 0 Å². The Labute approximate surface area is 84.9 Å². The SMILES string of the molecule is CCC(NC)c1ccccc1SC. The van der Waals surface area contributed by atoms with Gasteiger partial charge < -0.3 is 5.32 Å². The molecule has 0 bridgehead atoms. The zero-order valence-electron chi connectivity index (χ0n) is 8.50. The molecule has 0 spiro atoms. The van der Waals surface area contributed by atoms with E-state index in [0.717, 1.165) is 6.42 Å². The van der Waals surface area contributed by atoms with Gasteiger partial charge in [-0.2, -0.15) is 0 Å². The van der Waals surface area contributed by atoms with Gasteiger partial charge in [0.15, 0.2) is 0 Å². The maximum absolute atomic E-state index is 3.33. The lowest BCUT2D eigenvalue weighted by Crippen LogP contribution is -2.15. The van der Waals surface area contributed by atoms with E-state index >= 15 is 0 Å². The second-order valence-corrected chi connectivity index (χ2v) is 3.84. The largest absolute Gasteiger partial charge is 0.313 e. The van der Waals surface area contributed by atoms with Crippen molar-refractivity contribution >= 4 is 11.8 Å². The summed E-state index contributed by atoms with van der Waals surface area (Å²) in [6.07, 6.45) is 3.26. The Hall–Kier alpha value is -0.470. The molecule has 1 aromatic carbocycles. The van der Waals surface area contributed by atoms with Crippen molar-refractivity contribution in [3.05, 3.63) is 29.8 Å². The molecule has 1 unspecified atom stereocenters. The molecular weight excluding hydrogens is 178 g/mol. The third-order valence-electron chi connectivity index (χ3n) is 2.27. The Bertz CT molecular complexity index is 256.